The highest BCUT2D eigenvalue weighted by Gasteiger charge is 2.17. The molecule has 72 valence electrons. The van der Waals surface area contributed by atoms with Crippen molar-refractivity contribution in [3.8, 4) is 0 Å². The molecule has 1 nitrogen and oxygen atoms in total. The van der Waals surface area contributed by atoms with Crippen LogP contribution in [0.5, 0.6) is 0 Å². The van der Waals surface area contributed by atoms with E-state index >= 15 is 0 Å². The normalized spacial score (nSPS) is 20.5. The van der Waals surface area contributed by atoms with Gasteiger partial charge in [-0.1, -0.05) is 22.9 Å². The molecule has 0 radical (unpaired) electrons. The van der Waals surface area contributed by atoms with Gasteiger partial charge in [0.25, 0.3) is 0 Å². The van der Waals surface area contributed by atoms with Crippen molar-refractivity contribution in [2.45, 2.75) is 45.1 Å². The Morgan fingerprint density at radius 2 is 2.17 bits per heavy atom. The topological polar surface area (TPSA) is 9.23 Å². The Morgan fingerprint density at radius 3 is 2.67 bits per heavy atom. The number of hydrogen-bond acceptors (Lipinski definition) is 1. The molecule has 1 unspecified atom stereocenters. The van der Waals surface area contributed by atoms with Gasteiger partial charge in [0.1, 0.15) is 0 Å². The lowest BCUT2D eigenvalue weighted by atomic mass is 9.96. The summed E-state index contributed by atoms with van der Waals surface area (Å²) in [6, 6.07) is 0. The Bertz CT molecular complexity index is 112. The first-order valence-corrected chi connectivity index (χ1v) is 6.12. The van der Waals surface area contributed by atoms with E-state index in [1.807, 2.05) is 0 Å². The predicted molar refractivity (Wildman–Crippen MR) is 55.8 cm³/mol. The van der Waals surface area contributed by atoms with Crippen molar-refractivity contribution in [2.75, 3.05) is 11.9 Å². The van der Waals surface area contributed by atoms with Gasteiger partial charge in [-0.3, -0.25) is 0 Å². The van der Waals surface area contributed by atoms with Crippen molar-refractivity contribution in [1.82, 2.24) is 0 Å². The molecule has 1 atom stereocenters. The molecule has 2 heteroatoms. The maximum absolute atomic E-state index is 5.68. The molecular formula is C10H19BrO. The van der Waals surface area contributed by atoms with Crippen LogP contribution in [0, 0.1) is 5.92 Å². The fourth-order valence-electron chi connectivity index (χ4n) is 1.30. The van der Waals surface area contributed by atoms with Crippen molar-refractivity contribution in [3.63, 3.8) is 0 Å². The van der Waals surface area contributed by atoms with Gasteiger partial charge in [-0.15, -0.1) is 0 Å². The molecule has 0 aliphatic heterocycles. The second-order valence-corrected chi connectivity index (χ2v) is 4.59. The van der Waals surface area contributed by atoms with Crippen molar-refractivity contribution in [3.05, 3.63) is 0 Å². The Morgan fingerprint density at radius 1 is 1.42 bits per heavy atom. The minimum absolute atomic E-state index is 0.612. The fraction of sp³-hybridized carbons (Fsp3) is 1.00. The number of ether oxygens (including phenoxy) is 1. The standard InChI is InChI=1S/C10H19BrO/c1-9(5-7-11)6-8-12-10-3-2-4-10/h9-10H,2-8H2,1H3. The van der Waals surface area contributed by atoms with Crippen molar-refractivity contribution in [1.29, 1.82) is 0 Å². The molecule has 0 aromatic rings. The summed E-state index contributed by atoms with van der Waals surface area (Å²) in [5.41, 5.74) is 0. The van der Waals surface area contributed by atoms with Crippen LogP contribution in [-0.2, 0) is 4.74 Å². The van der Waals surface area contributed by atoms with Crippen LogP contribution in [0.3, 0.4) is 0 Å². The van der Waals surface area contributed by atoms with Crippen molar-refractivity contribution >= 4 is 15.9 Å². The molecular weight excluding hydrogens is 216 g/mol. The molecule has 0 saturated heterocycles. The Kier molecular flexibility index (Phi) is 5.24. The van der Waals surface area contributed by atoms with E-state index in [0.717, 1.165) is 17.9 Å². The van der Waals surface area contributed by atoms with Crippen LogP contribution in [0.25, 0.3) is 0 Å². The third kappa shape index (κ3) is 3.90. The predicted octanol–water partition coefficient (Wildman–Crippen LogP) is 3.37. The van der Waals surface area contributed by atoms with E-state index in [-0.39, 0.29) is 0 Å². The molecule has 1 aliphatic rings. The molecule has 1 fully saturated rings. The van der Waals surface area contributed by atoms with Crippen molar-refractivity contribution < 1.29 is 4.74 Å². The molecule has 0 heterocycles. The summed E-state index contributed by atoms with van der Waals surface area (Å²) in [4.78, 5) is 0. The number of hydrogen-bond donors (Lipinski definition) is 0. The zero-order valence-electron chi connectivity index (χ0n) is 7.89. The summed E-state index contributed by atoms with van der Waals surface area (Å²) in [6.07, 6.45) is 7.08. The van der Waals surface area contributed by atoms with Crippen LogP contribution in [0.4, 0.5) is 0 Å². The van der Waals surface area contributed by atoms with E-state index in [2.05, 4.69) is 22.9 Å². The third-order valence-electron chi connectivity index (χ3n) is 2.62. The Balaban J connectivity index is 1.86. The maximum atomic E-state index is 5.68. The zero-order valence-corrected chi connectivity index (χ0v) is 9.48. The van der Waals surface area contributed by atoms with E-state index in [9.17, 15) is 0 Å². The highest BCUT2D eigenvalue weighted by Crippen LogP contribution is 2.22. The van der Waals surface area contributed by atoms with Crippen LogP contribution in [0.15, 0.2) is 0 Å². The van der Waals surface area contributed by atoms with Gasteiger partial charge in [-0.25, -0.2) is 0 Å². The van der Waals surface area contributed by atoms with Crippen LogP contribution in [-0.4, -0.2) is 18.0 Å². The molecule has 1 aliphatic carbocycles. The molecule has 1 saturated carbocycles. The number of halogens is 1. The van der Waals surface area contributed by atoms with E-state index in [1.54, 1.807) is 0 Å². The fourth-order valence-corrected chi connectivity index (χ4v) is 2.09. The molecule has 0 amide bonds. The quantitative estimate of drug-likeness (QED) is 0.641. The van der Waals surface area contributed by atoms with Gasteiger partial charge in [0.05, 0.1) is 6.10 Å². The lowest BCUT2D eigenvalue weighted by molar-refractivity contribution is -0.00299. The first-order valence-electron chi connectivity index (χ1n) is 5.00. The smallest absolute Gasteiger partial charge is 0.0575 e. The monoisotopic (exact) mass is 234 g/mol. The molecule has 0 aromatic carbocycles. The second-order valence-electron chi connectivity index (χ2n) is 3.80. The summed E-state index contributed by atoms with van der Waals surface area (Å²) in [5, 5.41) is 1.12. The molecule has 0 spiro atoms. The van der Waals surface area contributed by atoms with Gasteiger partial charge in [-0.05, 0) is 38.0 Å². The Hall–Kier alpha value is 0.440. The van der Waals surface area contributed by atoms with Crippen LogP contribution in [0.2, 0.25) is 0 Å². The third-order valence-corrected chi connectivity index (χ3v) is 3.08. The largest absolute Gasteiger partial charge is 0.378 e. The summed E-state index contributed by atoms with van der Waals surface area (Å²) in [5.74, 6) is 0.810. The zero-order chi connectivity index (χ0) is 8.81. The summed E-state index contributed by atoms with van der Waals surface area (Å²) >= 11 is 3.45. The minimum atomic E-state index is 0.612. The van der Waals surface area contributed by atoms with E-state index in [1.165, 1.54) is 32.1 Å². The molecule has 1 rings (SSSR count). The van der Waals surface area contributed by atoms with Gasteiger partial charge in [0, 0.05) is 11.9 Å². The average Bonchev–Trinajstić information content (AvgIpc) is 1.95. The van der Waals surface area contributed by atoms with Crippen molar-refractivity contribution in [2.24, 2.45) is 5.92 Å². The van der Waals surface area contributed by atoms with E-state index < -0.39 is 0 Å². The summed E-state index contributed by atoms with van der Waals surface area (Å²) in [6.45, 7) is 3.27. The van der Waals surface area contributed by atoms with Crippen LogP contribution < -0.4 is 0 Å². The second kappa shape index (κ2) is 5.98. The average molecular weight is 235 g/mol. The first kappa shape index (κ1) is 10.5. The molecule has 0 N–H and O–H groups in total. The first-order chi connectivity index (χ1) is 5.83. The summed E-state index contributed by atoms with van der Waals surface area (Å²) in [7, 11) is 0. The highest BCUT2D eigenvalue weighted by atomic mass is 79.9. The van der Waals surface area contributed by atoms with Gasteiger partial charge in [-0.2, -0.15) is 0 Å². The van der Waals surface area contributed by atoms with E-state index in [4.69, 9.17) is 4.74 Å². The van der Waals surface area contributed by atoms with Gasteiger partial charge < -0.3 is 4.74 Å². The number of rotatable bonds is 6. The molecule has 0 bridgehead atoms. The number of alkyl halides is 1. The molecule has 0 aromatic heterocycles. The van der Waals surface area contributed by atoms with Crippen LogP contribution in [0.1, 0.15) is 39.0 Å². The maximum Gasteiger partial charge on any atom is 0.0575 e. The highest BCUT2D eigenvalue weighted by molar-refractivity contribution is 9.09. The van der Waals surface area contributed by atoms with Gasteiger partial charge in [0.2, 0.25) is 0 Å². The van der Waals surface area contributed by atoms with Gasteiger partial charge >= 0.3 is 0 Å². The lowest BCUT2D eigenvalue weighted by Crippen LogP contribution is -2.22. The lowest BCUT2D eigenvalue weighted by Gasteiger charge is -2.26. The minimum Gasteiger partial charge on any atom is -0.378 e. The Labute approximate surface area is 84.0 Å². The SMILES string of the molecule is CC(CCBr)CCOC1CCC1. The summed E-state index contributed by atoms with van der Waals surface area (Å²) < 4.78 is 5.68. The molecule has 12 heavy (non-hydrogen) atoms. The van der Waals surface area contributed by atoms with Gasteiger partial charge in [0.15, 0.2) is 0 Å². The van der Waals surface area contributed by atoms with E-state index in [0.29, 0.717) is 6.10 Å². The van der Waals surface area contributed by atoms with Crippen LogP contribution >= 0.6 is 15.9 Å².